The summed E-state index contributed by atoms with van der Waals surface area (Å²) in [7, 11) is 0. The van der Waals surface area contributed by atoms with E-state index in [-0.39, 0.29) is 6.61 Å². The number of anilines is 1. The van der Waals surface area contributed by atoms with Gasteiger partial charge in [-0.1, -0.05) is 19.3 Å². The predicted molar refractivity (Wildman–Crippen MR) is 78.0 cm³/mol. The molecule has 100 valence electrons. The number of nitrogens with zero attached hydrogens (tertiary/aromatic N) is 2. The van der Waals surface area contributed by atoms with E-state index in [0.717, 1.165) is 16.0 Å². The summed E-state index contributed by atoms with van der Waals surface area (Å²) < 4.78 is 1.04. The minimum Gasteiger partial charge on any atom is -0.395 e. The molecule has 0 radical (unpaired) electrons. The number of aliphatic hydroxyl groups excluding tert-OH is 1. The average Bonchev–Trinajstić information content (AvgIpc) is 2.40. The molecule has 0 saturated heterocycles. The number of rotatable bonds is 4. The first-order valence-electron chi connectivity index (χ1n) is 6.73. The van der Waals surface area contributed by atoms with Gasteiger partial charge in [-0.15, -0.1) is 0 Å². The first-order chi connectivity index (χ1) is 8.72. The van der Waals surface area contributed by atoms with Crippen LogP contribution in [-0.4, -0.2) is 29.3 Å². The van der Waals surface area contributed by atoms with Crippen molar-refractivity contribution in [3.63, 3.8) is 0 Å². The summed E-state index contributed by atoms with van der Waals surface area (Å²) in [5.41, 5.74) is 1.01. The van der Waals surface area contributed by atoms with Crippen molar-refractivity contribution in [1.82, 2.24) is 4.98 Å². The van der Waals surface area contributed by atoms with Crippen molar-refractivity contribution < 1.29 is 5.11 Å². The van der Waals surface area contributed by atoms with Crippen LogP contribution in [0.15, 0.2) is 16.6 Å². The Morgan fingerprint density at radius 1 is 1.33 bits per heavy atom. The summed E-state index contributed by atoms with van der Waals surface area (Å²) >= 11 is 3.48. The number of aryl methyl sites for hydroxylation is 1. The molecule has 0 bridgehead atoms. The summed E-state index contributed by atoms with van der Waals surface area (Å²) in [6.45, 7) is 2.87. The van der Waals surface area contributed by atoms with Crippen LogP contribution in [0.4, 0.5) is 5.82 Å². The van der Waals surface area contributed by atoms with Crippen LogP contribution in [0.3, 0.4) is 0 Å². The molecule has 4 heteroatoms. The SMILES string of the molecule is Cc1nc(N(CCO)C2CCCCC2)ccc1Br. The number of hydrogen-bond acceptors (Lipinski definition) is 3. The Bertz CT molecular complexity index is 391. The van der Waals surface area contributed by atoms with Crippen molar-refractivity contribution in [3.8, 4) is 0 Å². The smallest absolute Gasteiger partial charge is 0.129 e. The predicted octanol–water partition coefficient (Wildman–Crippen LogP) is 3.28. The molecule has 3 nitrogen and oxygen atoms in total. The van der Waals surface area contributed by atoms with Crippen LogP contribution in [0.2, 0.25) is 0 Å². The van der Waals surface area contributed by atoms with Crippen molar-refractivity contribution in [1.29, 1.82) is 0 Å². The molecule has 1 fully saturated rings. The van der Waals surface area contributed by atoms with E-state index in [0.29, 0.717) is 12.6 Å². The van der Waals surface area contributed by atoms with Gasteiger partial charge in [-0.3, -0.25) is 0 Å². The van der Waals surface area contributed by atoms with Gasteiger partial charge in [-0.05, 0) is 47.8 Å². The van der Waals surface area contributed by atoms with E-state index >= 15 is 0 Å². The van der Waals surface area contributed by atoms with Crippen molar-refractivity contribution in [2.45, 2.75) is 45.1 Å². The minimum atomic E-state index is 0.188. The molecule has 0 aliphatic heterocycles. The number of halogens is 1. The lowest BCUT2D eigenvalue weighted by molar-refractivity contribution is 0.289. The molecule has 0 amide bonds. The average molecular weight is 313 g/mol. The fraction of sp³-hybridized carbons (Fsp3) is 0.643. The van der Waals surface area contributed by atoms with Gasteiger partial charge in [0.1, 0.15) is 5.82 Å². The Kier molecular flexibility index (Phi) is 5.01. The second kappa shape index (κ2) is 6.53. The fourth-order valence-electron chi connectivity index (χ4n) is 2.68. The van der Waals surface area contributed by atoms with Crippen molar-refractivity contribution in [3.05, 3.63) is 22.3 Å². The summed E-state index contributed by atoms with van der Waals surface area (Å²) in [5.74, 6) is 0.997. The minimum absolute atomic E-state index is 0.188. The Balaban J connectivity index is 2.19. The molecule has 0 spiro atoms. The lowest BCUT2D eigenvalue weighted by Gasteiger charge is -2.35. The molecule has 1 N–H and O–H groups in total. The maximum atomic E-state index is 9.27. The quantitative estimate of drug-likeness (QED) is 0.927. The Morgan fingerprint density at radius 2 is 2.06 bits per heavy atom. The fourth-order valence-corrected chi connectivity index (χ4v) is 2.90. The molecule has 1 saturated carbocycles. The van der Waals surface area contributed by atoms with E-state index < -0.39 is 0 Å². The number of pyridine rings is 1. The van der Waals surface area contributed by atoms with Crippen LogP contribution >= 0.6 is 15.9 Å². The molecule has 0 unspecified atom stereocenters. The lowest BCUT2D eigenvalue weighted by atomic mass is 9.94. The Labute approximate surface area is 117 Å². The second-order valence-electron chi connectivity index (χ2n) is 4.95. The number of aliphatic hydroxyl groups is 1. The van der Waals surface area contributed by atoms with Crippen LogP contribution in [0.25, 0.3) is 0 Å². The Morgan fingerprint density at radius 3 is 2.67 bits per heavy atom. The van der Waals surface area contributed by atoms with Gasteiger partial charge >= 0.3 is 0 Å². The van der Waals surface area contributed by atoms with Crippen LogP contribution in [0, 0.1) is 6.92 Å². The molecular formula is C14H21BrN2O. The summed E-state index contributed by atoms with van der Waals surface area (Å²) in [4.78, 5) is 6.91. The molecule has 1 aromatic rings. The second-order valence-corrected chi connectivity index (χ2v) is 5.80. The third-order valence-electron chi connectivity index (χ3n) is 3.66. The van der Waals surface area contributed by atoms with Gasteiger partial charge in [-0.25, -0.2) is 4.98 Å². The number of aromatic nitrogens is 1. The maximum absolute atomic E-state index is 9.27. The van der Waals surface area contributed by atoms with Gasteiger partial charge in [0, 0.05) is 17.1 Å². The molecular weight excluding hydrogens is 292 g/mol. The van der Waals surface area contributed by atoms with E-state index in [1.54, 1.807) is 0 Å². The molecule has 0 atom stereocenters. The van der Waals surface area contributed by atoms with Gasteiger partial charge in [0.2, 0.25) is 0 Å². The van der Waals surface area contributed by atoms with Crippen LogP contribution in [0.1, 0.15) is 37.8 Å². The molecule has 18 heavy (non-hydrogen) atoms. The van der Waals surface area contributed by atoms with Crippen molar-refractivity contribution in [2.24, 2.45) is 0 Å². The molecule has 1 aliphatic carbocycles. The van der Waals surface area contributed by atoms with Crippen molar-refractivity contribution >= 4 is 21.7 Å². The third kappa shape index (κ3) is 3.23. The highest BCUT2D eigenvalue weighted by Gasteiger charge is 2.22. The Hall–Kier alpha value is -0.610. The van der Waals surface area contributed by atoms with Gasteiger partial charge < -0.3 is 10.0 Å². The standard InChI is InChI=1S/C14H21BrN2O/c1-11-13(15)7-8-14(16-11)17(9-10-18)12-5-3-2-4-6-12/h7-8,12,18H,2-6,9-10H2,1H3. The zero-order valence-electron chi connectivity index (χ0n) is 10.9. The van der Waals surface area contributed by atoms with E-state index in [9.17, 15) is 5.11 Å². The van der Waals surface area contributed by atoms with E-state index in [1.165, 1.54) is 32.1 Å². The van der Waals surface area contributed by atoms with Gasteiger partial charge in [-0.2, -0.15) is 0 Å². The van der Waals surface area contributed by atoms with Gasteiger partial charge in [0.05, 0.1) is 12.3 Å². The third-order valence-corrected chi connectivity index (χ3v) is 4.50. The molecule has 0 aromatic carbocycles. The van der Waals surface area contributed by atoms with E-state index in [1.807, 2.05) is 19.1 Å². The largest absolute Gasteiger partial charge is 0.395 e. The summed E-state index contributed by atoms with van der Waals surface area (Å²) in [6, 6.07) is 4.63. The molecule has 1 aliphatic rings. The maximum Gasteiger partial charge on any atom is 0.129 e. The highest BCUT2D eigenvalue weighted by Crippen LogP contribution is 2.27. The highest BCUT2D eigenvalue weighted by molar-refractivity contribution is 9.10. The summed E-state index contributed by atoms with van der Waals surface area (Å²) in [6.07, 6.45) is 6.37. The zero-order chi connectivity index (χ0) is 13.0. The zero-order valence-corrected chi connectivity index (χ0v) is 12.5. The first kappa shape index (κ1) is 13.8. The summed E-state index contributed by atoms with van der Waals surface area (Å²) in [5, 5.41) is 9.27. The topological polar surface area (TPSA) is 36.4 Å². The van der Waals surface area contributed by atoms with Crippen molar-refractivity contribution in [2.75, 3.05) is 18.1 Å². The molecule has 1 heterocycles. The highest BCUT2D eigenvalue weighted by atomic mass is 79.9. The van der Waals surface area contributed by atoms with Crippen LogP contribution < -0.4 is 4.90 Å². The number of hydrogen-bond donors (Lipinski definition) is 1. The molecule has 2 rings (SSSR count). The normalized spacial score (nSPS) is 16.8. The van der Waals surface area contributed by atoms with Gasteiger partial charge in [0.25, 0.3) is 0 Å². The monoisotopic (exact) mass is 312 g/mol. The molecule has 1 aromatic heterocycles. The van der Waals surface area contributed by atoms with Gasteiger partial charge in [0.15, 0.2) is 0 Å². The van der Waals surface area contributed by atoms with E-state index in [2.05, 4.69) is 25.8 Å². The first-order valence-corrected chi connectivity index (χ1v) is 7.52. The van der Waals surface area contributed by atoms with Crippen LogP contribution in [0.5, 0.6) is 0 Å². The lowest BCUT2D eigenvalue weighted by Crippen LogP contribution is -2.39. The van der Waals surface area contributed by atoms with Crippen LogP contribution in [-0.2, 0) is 0 Å². The van der Waals surface area contributed by atoms with E-state index in [4.69, 9.17) is 0 Å².